The molecule has 0 bridgehead atoms. The van der Waals surface area contributed by atoms with E-state index in [2.05, 4.69) is 15.6 Å². The Bertz CT molecular complexity index is 429. The van der Waals surface area contributed by atoms with Crippen LogP contribution in [0.15, 0.2) is 27.8 Å². The molecule has 1 fully saturated rings. The van der Waals surface area contributed by atoms with Gasteiger partial charge in [0.15, 0.2) is 5.96 Å². The Hall–Kier alpha value is -0.800. The predicted octanol–water partition coefficient (Wildman–Crippen LogP) is 1.45. The summed E-state index contributed by atoms with van der Waals surface area (Å²) in [6.07, 6.45) is 3.99. The van der Waals surface area contributed by atoms with Gasteiger partial charge in [-0.25, -0.2) is 0 Å². The minimum absolute atomic E-state index is 0. The highest BCUT2D eigenvalue weighted by Crippen LogP contribution is 2.19. The number of nitrogens with zero attached hydrogens (tertiary/aromatic N) is 1. The molecule has 1 aliphatic heterocycles. The zero-order chi connectivity index (χ0) is 14.4. The maximum Gasteiger partial charge on any atom is 0.191 e. The van der Waals surface area contributed by atoms with Crippen molar-refractivity contribution in [3.63, 3.8) is 0 Å². The van der Waals surface area contributed by atoms with Gasteiger partial charge in [-0.1, -0.05) is 0 Å². The number of furan rings is 1. The second-order valence-electron chi connectivity index (χ2n) is 5.19. The summed E-state index contributed by atoms with van der Waals surface area (Å²) in [5.74, 6) is 1.17. The lowest BCUT2D eigenvalue weighted by molar-refractivity contribution is 0.0385. The molecule has 1 aromatic rings. The third-order valence-electron chi connectivity index (χ3n) is 3.40. The first-order valence-corrected chi connectivity index (χ1v) is 6.94. The van der Waals surface area contributed by atoms with E-state index in [-0.39, 0.29) is 30.1 Å². The molecule has 1 aliphatic rings. The van der Waals surface area contributed by atoms with Gasteiger partial charge < -0.3 is 24.9 Å². The predicted molar refractivity (Wildman–Crippen MR) is 92.0 cm³/mol. The first-order chi connectivity index (χ1) is 9.62. The van der Waals surface area contributed by atoms with Crippen molar-refractivity contribution in [3.05, 3.63) is 24.2 Å². The summed E-state index contributed by atoms with van der Waals surface area (Å²) in [6, 6.07) is 3.51. The molecule has 21 heavy (non-hydrogen) atoms. The molecule has 2 atom stereocenters. The smallest absolute Gasteiger partial charge is 0.191 e. The van der Waals surface area contributed by atoms with Crippen LogP contribution in [0.3, 0.4) is 0 Å². The second-order valence-corrected chi connectivity index (χ2v) is 5.19. The standard InChI is InChI=1S/C14H23N3O3.HI/c1-14(18,12-6-4-8-20-12)10-17-13(15-2)16-9-11-5-3-7-19-11;/h4,6,8,11,18H,3,5,7,9-10H2,1-2H3,(H2,15,16,17);1H. The Labute approximate surface area is 142 Å². The van der Waals surface area contributed by atoms with Crippen LogP contribution in [-0.2, 0) is 10.3 Å². The molecule has 120 valence electrons. The van der Waals surface area contributed by atoms with Crippen molar-refractivity contribution in [2.45, 2.75) is 31.5 Å². The van der Waals surface area contributed by atoms with Crippen molar-refractivity contribution in [1.82, 2.24) is 10.6 Å². The van der Waals surface area contributed by atoms with Gasteiger partial charge in [0.05, 0.1) is 18.9 Å². The number of nitrogens with one attached hydrogen (secondary N) is 2. The van der Waals surface area contributed by atoms with Crippen LogP contribution in [0, 0.1) is 0 Å². The number of aliphatic imine (C=N–C) groups is 1. The SMILES string of the molecule is CN=C(NCC1CCCO1)NCC(C)(O)c1ccco1.I. The molecule has 0 saturated carbocycles. The lowest BCUT2D eigenvalue weighted by Gasteiger charge is -2.23. The summed E-state index contributed by atoms with van der Waals surface area (Å²) in [5, 5.41) is 16.6. The summed E-state index contributed by atoms with van der Waals surface area (Å²) < 4.78 is 10.8. The average molecular weight is 409 g/mol. The van der Waals surface area contributed by atoms with Gasteiger partial charge >= 0.3 is 0 Å². The van der Waals surface area contributed by atoms with Gasteiger partial charge in [-0.2, -0.15) is 0 Å². The molecule has 6 nitrogen and oxygen atoms in total. The minimum atomic E-state index is -1.08. The Kier molecular flexibility index (Phi) is 7.47. The summed E-state index contributed by atoms with van der Waals surface area (Å²) in [6.45, 7) is 3.58. The van der Waals surface area contributed by atoms with E-state index in [1.807, 2.05) is 0 Å². The van der Waals surface area contributed by atoms with E-state index in [9.17, 15) is 5.11 Å². The van der Waals surface area contributed by atoms with Crippen LogP contribution < -0.4 is 10.6 Å². The van der Waals surface area contributed by atoms with Gasteiger partial charge in [0.2, 0.25) is 0 Å². The zero-order valence-corrected chi connectivity index (χ0v) is 14.8. The topological polar surface area (TPSA) is 79.0 Å². The number of aliphatic hydroxyl groups is 1. The molecule has 2 rings (SSSR count). The zero-order valence-electron chi connectivity index (χ0n) is 12.5. The van der Waals surface area contributed by atoms with Gasteiger partial charge in [-0.3, -0.25) is 4.99 Å². The molecule has 3 N–H and O–H groups in total. The molecule has 1 saturated heterocycles. The van der Waals surface area contributed by atoms with Gasteiger partial charge in [0.1, 0.15) is 11.4 Å². The first-order valence-electron chi connectivity index (χ1n) is 6.94. The Balaban J connectivity index is 0.00000220. The van der Waals surface area contributed by atoms with Crippen LogP contribution in [0.4, 0.5) is 0 Å². The number of hydrogen-bond donors (Lipinski definition) is 3. The fourth-order valence-corrected chi connectivity index (χ4v) is 2.16. The fraction of sp³-hybridized carbons (Fsp3) is 0.643. The second kappa shape index (κ2) is 8.60. The van der Waals surface area contributed by atoms with E-state index in [0.29, 0.717) is 18.3 Å². The molecule has 2 heterocycles. The Morgan fingerprint density at radius 2 is 2.33 bits per heavy atom. The molecule has 0 amide bonds. The number of guanidine groups is 1. The first kappa shape index (κ1) is 18.2. The maximum absolute atomic E-state index is 10.3. The van der Waals surface area contributed by atoms with Crippen molar-refractivity contribution >= 4 is 29.9 Å². The average Bonchev–Trinajstić information content (AvgIpc) is 3.12. The lowest BCUT2D eigenvalue weighted by Crippen LogP contribution is -2.46. The molecule has 7 heteroatoms. The Morgan fingerprint density at radius 3 is 2.90 bits per heavy atom. The van der Waals surface area contributed by atoms with Gasteiger partial charge in [0.25, 0.3) is 0 Å². The van der Waals surface area contributed by atoms with E-state index in [1.165, 1.54) is 0 Å². The van der Waals surface area contributed by atoms with Crippen molar-refractivity contribution in [1.29, 1.82) is 0 Å². The van der Waals surface area contributed by atoms with Crippen molar-refractivity contribution in [2.24, 2.45) is 4.99 Å². The lowest BCUT2D eigenvalue weighted by atomic mass is 10.0. The van der Waals surface area contributed by atoms with Gasteiger partial charge in [-0.15, -0.1) is 24.0 Å². The van der Waals surface area contributed by atoms with Crippen LogP contribution in [0.5, 0.6) is 0 Å². The van der Waals surface area contributed by atoms with Crippen LogP contribution in [-0.4, -0.2) is 43.9 Å². The van der Waals surface area contributed by atoms with Gasteiger partial charge in [0, 0.05) is 20.2 Å². The summed E-state index contributed by atoms with van der Waals surface area (Å²) >= 11 is 0. The Morgan fingerprint density at radius 1 is 1.52 bits per heavy atom. The van der Waals surface area contributed by atoms with E-state index >= 15 is 0 Å². The number of rotatable bonds is 5. The van der Waals surface area contributed by atoms with E-state index in [4.69, 9.17) is 9.15 Å². The monoisotopic (exact) mass is 409 g/mol. The number of ether oxygens (including phenoxy) is 1. The van der Waals surface area contributed by atoms with Crippen molar-refractivity contribution in [2.75, 3.05) is 26.7 Å². The third-order valence-corrected chi connectivity index (χ3v) is 3.40. The fourth-order valence-electron chi connectivity index (χ4n) is 2.16. The highest BCUT2D eigenvalue weighted by molar-refractivity contribution is 14.0. The highest BCUT2D eigenvalue weighted by Gasteiger charge is 2.26. The molecule has 0 radical (unpaired) electrons. The molecule has 0 aromatic carbocycles. The minimum Gasteiger partial charge on any atom is -0.466 e. The van der Waals surface area contributed by atoms with Crippen LogP contribution in [0.1, 0.15) is 25.5 Å². The molecule has 2 unspecified atom stereocenters. The quantitative estimate of drug-likeness (QED) is 0.390. The molecular weight excluding hydrogens is 385 g/mol. The van der Waals surface area contributed by atoms with Crippen molar-refractivity contribution < 1.29 is 14.3 Å². The summed E-state index contributed by atoms with van der Waals surface area (Å²) in [4.78, 5) is 4.13. The third kappa shape index (κ3) is 5.48. The van der Waals surface area contributed by atoms with Crippen molar-refractivity contribution in [3.8, 4) is 0 Å². The summed E-state index contributed by atoms with van der Waals surface area (Å²) in [5.41, 5.74) is -1.08. The molecule has 0 aliphatic carbocycles. The van der Waals surface area contributed by atoms with Crippen LogP contribution >= 0.6 is 24.0 Å². The van der Waals surface area contributed by atoms with Crippen LogP contribution in [0.25, 0.3) is 0 Å². The maximum atomic E-state index is 10.3. The molecular formula is C14H24IN3O3. The normalized spacial score (nSPS) is 21.5. The number of hydrogen-bond acceptors (Lipinski definition) is 4. The molecule has 1 aromatic heterocycles. The number of halogens is 1. The van der Waals surface area contributed by atoms with Crippen LogP contribution in [0.2, 0.25) is 0 Å². The van der Waals surface area contributed by atoms with E-state index in [1.54, 1.807) is 32.4 Å². The molecule has 0 spiro atoms. The highest BCUT2D eigenvalue weighted by atomic mass is 127. The summed E-state index contributed by atoms with van der Waals surface area (Å²) in [7, 11) is 1.70. The van der Waals surface area contributed by atoms with E-state index in [0.717, 1.165) is 26.0 Å². The largest absolute Gasteiger partial charge is 0.466 e. The van der Waals surface area contributed by atoms with Gasteiger partial charge in [-0.05, 0) is 31.9 Å². The van der Waals surface area contributed by atoms with E-state index < -0.39 is 5.60 Å².